The van der Waals surface area contributed by atoms with Crippen molar-refractivity contribution in [3.05, 3.63) is 35.4 Å². The maximum atomic E-state index is 11.9. The predicted octanol–water partition coefficient (Wildman–Crippen LogP) is 1.23. The third kappa shape index (κ3) is 0.988. The molecule has 16 heavy (non-hydrogen) atoms. The fourth-order valence-corrected chi connectivity index (χ4v) is 2.82. The summed E-state index contributed by atoms with van der Waals surface area (Å²) in [7, 11) is 0. The van der Waals surface area contributed by atoms with Gasteiger partial charge in [-0.2, -0.15) is 0 Å². The summed E-state index contributed by atoms with van der Waals surface area (Å²) < 4.78 is 0. The lowest BCUT2D eigenvalue weighted by Gasteiger charge is -2.21. The quantitative estimate of drug-likeness (QED) is 0.641. The van der Waals surface area contributed by atoms with Crippen LogP contribution in [0.25, 0.3) is 0 Å². The second kappa shape index (κ2) is 2.84. The standard InChI is InChI=1S/C12H12N2O2/c1-7-6-12(10(15)13-11(16)14-12)9-5-3-2-4-8(7)9/h2-5,7H,6H2,1H3,(H2,13,14,15,16)/t7-,12+/m0/s1. The average molecular weight is 216 g/mol. The number of rotatable bonds is 0. The van der Waals surface area contributed by atoms with Crippen molar-refractivity contribution in [1.29, 1.82) is 0 Å². The molecule has 1 aliphatic heterocycles. The van der Waals surface area contributed by atoms with E-state index in [9.17, 15) is 9.59 Å². The Labute approximate surface area is 93.0 Å². The van der Waals surface area contributed by atoms with Crippen LogP contribution in [0.1, 0.15) is 30.4 Å². The van der Waals surface area contributed by atoms with Crippen LogP contribution in [0, 0.1) is 0 Å². The van der Waals surface area contributed by atoms with Crippen molar-refractivity contribution in [2.75, 3.05) is 0 Å². The summed E-state index contributed by atoms with van der Waals surface area (Å²) in [6.45, 7) is 2.07. The number of urea groups is 1. The van der Waals surface area contributed by atoms with Gasteiger partial charge >= 0.3 is 6.03 Å². The largest absolute Gasteiger partial charge is 0.322 e. The molecule has 1 fully saturated rings. The van der Waals surface area contributed by atoms with Gasteiger partial charge in [0.05, 0.1) is 0 Å². The number of carbonyl (C=O) groups is 2. The Balaban J connectivity index is 2.19. The molecule has 4 nitrogen and oxygen atoms in total. The van der Waals surface area contributed by atoms with E-state index in [0.717, 1.165) is 11.1 Å². The van der Waals surface area contributed by atoms with E-state index in [1.165, 1.54) is 0 Å². The van der Waals surface area contributed by atoms with Gasteiger partial charge in [-0.1, -0.05) is 31.2 Å². The van der Waals surface area contributed by atoms with Crippen LogP contribution >= 0.6 is 0 Å². The zero-order valence-electron chi connectivity index (χ0n) is 8.91. The molecule has 3 rings (SSSR count). The minimum absolute atomic E-state index is 0.227. The Hall–Kier alpha value is -1.84. The van der Waals surface area contributed by atoms with Crippen LogP contribution in [0.5, 0.6) is 0 Å². The molecule has 0 radical (unpaired) electrons. The molecule has 1 aromatic carbocycles. The summed E-state index contributed by atoms with van der Waals surface area (Å²) in [6.07, 6.45) is 0.643. The van der Waals surface area contributed by atoms with Gasteiger partial charge in [-0.3, -0.25) is 10.1 Å². The number of fused-ring (bicyclic) bond motifs is 2. The lowest BCUT2D eigenvalue weighted by Crippen LogP contribution is -2.41. The van der Waals surface area contributed by atoms with Gasteiger partial charge in [-0.15, -0.1) is 0 Å². The van der Waals surface area contributed by atoms with Crippen LogP contribution < -0.4 is 10.6 Å². The van der Waals surface area contributed by atoms with E-state index in [2.05, 4.69) is 17.6 Å². The molecule has 2 atom stereocenters. The van der Waals surface area contributed by atoms with Gasteiger partial charge in [0.25, 0.3) is 5.91 Å². The molecule has 0 saturated carbocycles. The van der Waals surface area contributed by atoms with E-state index in [4.69, 9.17) is 0 Å². The van der Waals surface area contributed by atoms with E-state index >= 15 is 0 Å². The Morgan fingerprint density at radius 3 is 2.75 bits per heavy atom. The van der Waals surface area contributed by atoms with Crippen molar-refractivity contribution in [3.63, 3.8) is 0 Å². The van der Waals surface area contributed by atoms with Gasteiger partial charge < -0.3 is 5.32 Å². The van der Waals surface area contributed by atoms with Crippen LogP contribution in [-0.2, 0) is 10.3 Å². The monoisotopic (exact) mass is 216 g/mol. The third-order valence-electron chi connectivity index (χ3n) is 3.51. The number of carbonyl (C=O) groups excluding carboxylic acids is 2. The van der Waals surface area contributed by atoms with Gasteiger partial charge in [0.1, 0.15) is 5.54 Å². The summed E-state index contributed by atoms with van der Waals surface area (Å²) in [5.74, 6) is 0.0645. The highest BCUT2D eigenvalue weighted by atomic mass is 16.2. The van der Waals surface area contributed by atoms with Crippen molar-refractivity contribution in [3.8, 4) is 0 Å². The minimum Gasteiger partial charge on any atom is -0.319 e. The number of hydrogen-bond donors (Lipinski definition) is 2. The molecule has 1 aromatic rings. The van der Waals surface area contributed by atoms with E-state index < -0.39 is 11.6 Å². The molecule has 0 bridgehead atoms. The lowest BCUT2D eigenvalue weighted by molar-refractivity contribution is -0.124. The van der Waals surface area contributed by atoms with E-state index in [-0.39, 0.29) is 5.91 Å². The zero-order chi connectivity index (χ0) is 11.3. The fourth-order valence-electron chi connectivity index (χ4n) is 2.82. The molecule has 2 N–H and O–H groups in total. The van der Waals surface area contributed by atoms with Crippen LogP contribution in [0.15, 0.2) is 24.3 Å². The molecular weight excluding hydrogens is 204 g/mol. The number of imide groups is 1. The first kappa shape index (κ1) is 9.39. The number of nitrogens with one attached hydrogen (secondary N) is 2. The molecule has 82 valence electrons. The number of benzene rings is 1. The van der Waals surface area contributed by atoms with Crippen molar-refractivity contribution in [2.45, 2.75) is 24.8 Å². The van der Waals surface area contributed by atoms with Gasteiger partial charge in [0.15, 0.2) is 0 Å². The Morgan fingerprint density at radius 2 is 2.06 bits per heavy atom. The fraction of sp³-hybridized carbons (Fsp3) is 0.333. The molecule has 1 heterocycles. The number of hydrogen-bond acceptors (Lipinski definition) is 2. The van der Waals surface area contributed by atoms with Crippen LogP contribution in [-0.4, -0.2) is 11.9 Å². The summed E-state index contributed by atoms with van der Waals surface area (Å²) in [5.41, 5.74) is 1.26. The smallest absolute Gasteiger partial charge is 0.319 e. The molecule has 4 heteroatoms. The third-order valence-corrected chi connectivity index (χ3v) is 3.51. The molecule has 0 aromatic heterocycles. The summed E-state index contributed by atoms with van der Waals surface area (Å²) in [6, 6.07) is 7.41. The highest BCUT2D eigenvalue weighted by molar-refractivity contribution is 6.08. The first-order valence-corrected chi connectivity index (χ1v) is 5.36. The molecule has 2 aliphatic rings. The second-order valence-electron chi connectivity index (χ2n) is 4.51. The summed E-state index contributed by atoms with van der Waals surface area (Å²) >= 11 is 0. The van der Waals surface area contributed by atoms with Crippen molar-refractivity contribution in [2.24, 2.45) is 0 Å². The average Bonchev–Trinajstić information content (AvgIpc) is 2.69. The van der Waals surface area contributed by atoms with Crippen LogP contribution in [0.3, 0.4) is 0 Å². The lowest BCUT2D eigenvalue weighted by atomic mass is 9.92. The molecular formula is C12H12N2O2. The first-order valence-electron chi connectivity index (χ1n) is 5.36. The van der Waals surface area contributed by atoms with Gasteiger partial charge in [0.2, 0.25) is 0 Å². The Bertz CT molecular complexity index is 498. The van der Waals surface area contributed by atoms with E-state index in [1.54, 1.807) is 0 Å². The molecule has 1 saturated heterocycles. The van der Waals surface area contributed by atoms with E-state index in [0.29, 0.717) is 12.3 Å². The first-order chi connectivity index (χ1) is 7.63. The van der Waals surface area contributed by atoms with Crippen LogP contribution in [0.2, 0.25) is 0 Å². The summed E-state index contributed by atoms with van der Waals surface area (Å²) in [5, 5.41) is 5.09. The normalized spacial score (nSPS) is 31.4. The molecule has 0 unspecified atom stereocenters. The molecule has 3 amide bonds. The van der Waals surface area contributed by atoms with Crippen LogP contribution in [0.4, 0.5) is 4.79 Å². The molecule has 1 spiro atoms. The Kier molecular flexibility index (Phi) is 1.67. The van der Waals surface area contributed by atoms with Crippen molar-refractivity contribution >= 4 is 11.9 Å². The SMILES string of the molecule is C[C@H]1C[C@@]2(NC(=O)NC2=O)c2ccccc21. The maximum absolute atomic E-state index is 11.9. The highest BCUT2D eigenvalue weighted by Gasteiger charge is 2.53. The summed E-state index contributed by atoms with van der Waals surface area (Å²) in [4.78, 5) is 23.2. The van der Waals surface area contributed by atoms with Gasteiger partial charge in [-0.05, 0) is 23.5 Å². The van der Waals surface area contributed by atoms with E-state index in [1.807, 2.05) is 24.3 Å². The Morgan fingerprint density at radius 1 is 1.31 bits per heavy atom. The highest BCUT2D eigenvalue weighted by Crippen LogP contribution is 2.45. The minimum atomic E-state index is -0.826. The molecule has 1 aliphatic carbocycles. The topological polar surface area (TPSA) is 58.2 Å². The predicted molar refractivity (Wildman–Crippen MR) is 57.8 cm³/mol. The van der Waals surface area contributed by atoms with Gasteiger partial charge in [0, 0.05) is 0 Å². The number of amides is 3. The van der Waals surface area contributed by atoms with Gasteiger partial charge in [-0.25, -0.2) is 4.79 Å². The van der Waals surface area contributed by atoms with Crippen molar-refractivity contribution in [1.82, 2.24) is 10.6 Å². The maximum Gasteiger partial charge on any atom is 0.322 e. The zero-order valence-corrected chi connectivity index (χ0v) is 8.91. The second-order valence-corrected chi connectivity index (χ2v) is 4.51. The van der Waals surface area contributed by atoms with Crippen molar-refractivity contribution < 1.29 is 9.59 Å².